The van der Waals surface area contributed by atoms with Gasteiger partial charge in [-0.2, -0.15) is 15.2 Å². The third-order valence-corrected chi connectivity index (χ3v) is 8.33. The second kappa shape index (κ2) is 11.3. The first-order valence-corrected chi connectivity index (χ1v) is 15.0. The Morgan fingerprint density at radius 2 is 1.87 bits per heavy atom. The van der Waals surface area contributed by atoms with Crippen LogP contribution in [0.3, 0.4) is 0 Å². The lowest BCUT2D eigenvalue weighted by Crippen LogP contribution is -2.55. The van der Waals surface area contributed by atoms with Gasteiger partial charge in [0.2, 0.25) is 0 Å². The fraction of sp³-hybridized carbons (Fsp3) is 0.455. The van der Waals surface area contributed by atoms with E-state index in [4.69, 9.17) is 19.2 Å². The van der Waals surface area contributed by atoms with Gasteiger partial charge in [-0.1, -0.05) is 6.07 Å². The van der Waals surface area contributed by atoms with Gasteiger partial charge < -0.3 is 23.7 Å². The van der Waals surface area contributed by atoms with Crippen LogP contribution in [0.4, 0.5) is 9.18 Å². The van der Waals surface area contributed by atoms with Gasteiger partial charge in [-0.25, -0.2) is 14.2 Å². The Hall–Kier alpha value is -4.79. The Morgan fingerprint density at radius 3 is 2.51 bits per heavy atom. The molecule has 0 radical (unpaired) electrons. The van der Waals surface area contributed by atoms with Crippen LogP contribution in [0.1, 0.15) is 70.2 Å². The first kappa shape index (κ1) is 30.2. The summed E-state index contributed by atoms with van der Waals surface area (Å²) in [6.45, 7) is 9.53. The molecule has 2 fully saturated rings. The van der Waals surface area contributed by atoms with E-state index in [-0.39, 0.29) is 30.7 Å². The minimum atomic E-state index is -0.563. The lowest BCUT2D eigenvalue weighted by Gasteiger charge is -2.44. The molecule has 234 valence electrons. The zero-order valence-electron chi connectivity index (χ0n) is 26.3. The van der Waals surface area contributed by atoms with E-state index in [1.807, 2.05) is 32.6 Å². The zero-order valence-corrected chi connectivity index (χ0v) is 26.3. The molecule has 0 spiro atoms. The van der Waals surface area contributed by atoms with Gasteiger partial charge in [0.15, 0.2) is 5.65 Å². The fourth-order valence-electron chi connectivity index (χ4n) is 6.51. The molecule has 11 nitrogen and oxygen atoms in total. The van der Waals surface area contributed by atoms with Crippen LogP contribution in [0, 0.1) is 24.1 Å². The van der Waals surface area contributed by atoms with Crippen molar-refractivity contribution in [2.24, 2.45) is 0 Å². The molecule has 3 atom stereocenters. The van der Waals surface area contributed by atoms with Gasteiger partial charge in [-0.15, -0.1) is 0 Å². The van der Waals surface area contributed by atoms with Crippen molar-refractivity contribution in [3.63, 3.8) is 0 Å². The van der Waals surface area contributed by atoms with E-state index in [1.165, 1.54) is 19.4 Å². The van der Waals surface area contributed by atoms with E-state index in [0.717, 1.165) is 12.8 Å². The molecule has 2 aliphatic heterocycles. The van der Waals surface area contributed by atoms with Gasteiger partial charge in [0.05, 0.1) is 24.9 Å². The lowest BCUT2D eigenvalue weighted by atomic mass is 9.87. The number of ether oxygens (including phenoxy) is 3. The Kier molecular flexibility index (Phi) is 7.59. The molecular weight excluding hydrogens is 577 g/mol. The molecule has 1 aromatic carbocycles. The molecule has 2 bridgehead atoms. The van der Waals surface area contributed by atoms with Crippen molar-refractivity contribution in [1.29, 1.82) is 5.26 Å². The number of benzene rings is 1. The number of aromatic nitrogens is 5. The van der Waals surface area contributed by atoms with Crippen LogP contribution in [0.15, 0.2) is 36.7 Å². The molecule has 0 N–H and O–H groups in total. The molecule has 0 aliphatic carbocycles. The number of amides is 1. The zero-order chi connectivity index (χ0) is 32.1. The highest BCUT2D eigenvalue weighted by Gasteiger charge is 2.50. The standard InChI is InChI=1S/C33H36FN7O4/c1-19-27-29(39-30(37-19)43-6)40(28(38-27)22-11-20(15-35)16-36-17-22)18-21-7-10-25(12-26(21)34)44-33(5)13-23-8-9-24(14-33)41(23)31(42)45-32(2,3)4/h7,10-12,16-17,23-24H,8-9,13-14,18H2,1-6H3/t23-,24+,33-. The predicted molar refractivity (Wildman–Crippen MR) is 163 cm³/mol. The van der Waals surface area contributed by atoms with Gasteiger partial charge in [-0.3, -0.25) is 4.98 Å². The minimum Gasteiger partial charge on any atom is -0.487 e. The summed E-state index contributed by atoms with van der Waals surface area (Å²) < 4.78 is 35.0. The molecule has 4 aromatic rings. The highest BCUT2D eigenvalue weighted by atomic mass is 19.1. The Bertz CT molecular complexity index is 1810. The van der Waals surface area contributed by atoms with Gasteiger partial charge in [-0.05, 0) is 59.6 Å². The van der Waals surface area contributed by atoms with Crippen molar-refractivity contribution < 1.29 is 23.4 Å². The van der Waals surface area contributed by atoms with Crippen LogP contribution >= 0.6 is 0 Å². The first-order valence-electron chi connectivity index (χ1n) is 15.0. The van der Waals surface area contributed by atoms with E-state index in [0.29, 0.717) is 58.0 Å². The summed E-state index contributed by atoms with van der Waals surface area (Å²) in [6, 6.07) is 8.84. The number of carbonyl (C=O) groups excluding carboxylic acids is 1. The third-order valence-electron chi connectivity index (χ3n) is 8.33. The Labute approximate surface area is 261 Å². The number of fused-ring (bicyclic) bond motifs is 3. The number of imidazole rings is 1. The van der Waals surface area contributed by atoms with E-state index in [1.54, 1.807) is 35.9 Å². The molecular formula is C33H36FN7O4. The fourth-order valence-corrected chi connectivity index (χ4v) is 6.51. The summed E-state index contributed by atoms with van der Waals surface area (Å²) in [7, 11) is 1.48. The largest absolute Gasteiger partial charge is 0.487 e. The van der Waals surface area contributed by atoms with Crippen LogP contribution in [0.5, 0.6) is 11.8 Å². The molecule has 45 heavy (non-hydrogen) atoms. The van der Waals surface area contributed by atoms with Crippen molar-refractivity contribution in [2.75, 3.05) is 7.11 Å². The SMILES string of the molecule is COc1nc(C)c2nc(-c3cncc(C#N)c3)n(Cc3ccc(O[C@]4(C)C[C@H]5CC[C@@H](C4)N5C(=O)OC(C)(C)C)cc3F)c2n1. The smallest absolute Gasteiger partial charge is 0.410 e. The van der Waals surface area contributed by atoms with E-state index in [9.17, 15) is 10.1 Å². The molecule has 2 aliphatic rings. The number of aryl methyl sites for hydroxylation is 1. The van der Waals surface area contributed by atoms with Crippen LogP contribution < -0.4 is 9.47 Å². The summed E-state index contributed by atoms with van der Waals surface area (Å²) >= 11 is 0. The number of nitriles is 1. The molecule has 3 aromatic heterocycles. The monoisotopic (exact) mass is 613 g/mol. The summed E-state index contributed by atoms with van der Waals surface area (Å²) in [5.74, 6) is 0.449. The van der Waals surface area contributed by atoms with Crippen LogP contribution in [-0.2, 0) is 11.3 Å². The van der Waals surface area contributed by atoms with Crippen LogP contribution in [-0.4, -0.2) is 65.9 Å². The second-order valence-corrected chi connectivity index (χ2v) is 13.0. The van der Waals surface area contributed by atoms with E-state index < -0.39 is 17.0 Å². The predicted octanol–water partition coefficient (Wildman–Crippen LogP) is 5.96. The van der Waals surface area contributed by atoms with E-state index in [2.05, 4.69) is 21.0 Å². The number of hydrogen-bond acceptors (Lipinski definition) is 9. The van der Waals surface area contributed by atoms with Gasteiger partial charge >= 0.3 is 12.1 Å². The summed E-state index contributed by atoms with van der Waals surface area (Å²) in [4.78, 5) is 32.6. The van der Waals surface area contributed by atoms with Gasteiger partial charge in [0.1, 0.15) is 40.2 Å². The number of piperidine rings is 1. The van der Waals surface area contributed by atoms with Gasteiger partial charge in [0.25, 0.3) is 0 Å². The average molecular weight is 614 g/mol. The maximum atomic E-state index is 15.8. The highest BCUT2D eigenvalue weighted by Crippen LogP contribution is 2.43. The number of pyridine rings is 1. The van der Waals surface area contributed by atoms with Crippen molar-refractivity contribution in [2.45, 2.75) is 90.1 Å². The maximum absolute atomic E-state index is 15.8. The number of carbonyl (C=O) groups is 1. The third kappa shape index (κ3) is 5.99. The van der Waals surface area contributed by atoms with Crippen molar-refractivity contribution in [1.82, 2.24) is 29.4 Å². The van der Waals surface area contributed by atoms with Crippen molar-refractivity contribution in [3.8, 4) is 29.2 Å². The minimum absolute atomic E-state index is 0.0112. The Morgan fingerprint density at radius 1 is 1.13 bits per heavy atom. The van der Waals surface area contributed by atoms with E-state index >= 15 is 4.39 Å². The summed E-state index contributed by atoms with van der Waals surface area (Å²) in [5.41, 5.74) is 1.84. The summed E-state index contributed by atoms with van der Waals surface area (Å²) in [6.07, 6.45) is 5.83. The summed E-state index contributed by atoms with van der Waals surface area (Å²) in [5, 5.41) is 9.43. The molecule has 1 amide bonds. The van der Waals surface area contributed by atoms with Crippen molar-refractivity contribution >= 4 is 17.3 Å². The maximum Gasteiger partial charge on any atom is 0.410 e. The lowest BCUT2D eigenvalue weighted by molar-refractivity contribution is -0.0364. The molecule has 0 unspecified atom stereocenters. The van der Waals surface area contributed by atoms with Crippen LogP contribution in [0.25, 0.3) is 22.6 Å². The highest BCUT2D eigenvalue weighted by molar-refractivity contribution is 5.79. The molecule has 12 heteroatoms. The quantitative estimate of drug-likeness (QED) is 0.259. The number of rotatable bonds is 6. The molecule has 2 saturated heterocycles. The molecule has 0 saturated carbocycles. The van der Waals surface area contributed by atoms with Gasteiger partial charge in [0, 0.05) is 54.5 Å². The number of methoxy groups -OCH3 is 1. The topological polar surface area (TPSA) is 128 Å². The first-order chi connectivity index (χ1) is 21.4. The Balaban J connectivity index is 1.27. The van der Waals surface area contributed by atoms with Crippen LogP contribution in [0.2, 0.25) is 0 Å². The number of halogens is 1. The molecule has 6 rings (SSSR count). The molecule has 5 heterocycles. The second-order valence-electron chi connectivity index (χ2n) is 13.0. The number of hydrogen-bond donors (Lipinski definition) is 0. The van der Waals surface area contributed by atoms with Crippen molar-refractivity contribution in [3.05, 3.63) is 59.3 Å². The average Bonchev–Trinajstić information content (AvgIpc) is 3.49. The number of nitrogens with zero attached hydrogens (tertiary/aromatic N) is 7. The normalized spacial score (nSPS) is 21.1.